The number of hydrogen-bond acceptors (Lipinski definition) is 2. The molecule has 0 N–H and O–H groups in total. The summed E-state index contributed by atoms with van der Waals surface area (Å²) in [6.07, 6.45) is 1.71. The normalized spacial score (nSPS) is 10.7. The fraction of sp³-hybridized carbons (Fsp3) is 0.267. The van der Waals surface area contributed by atoms with Crippen molar-refractivity contribution in [3.63, 3.8) is 0 Å². The van der Waals surface area contributed by atoms with Crippen LogP contribution < -0.4 is 4.74 Å². The molecule has 3 heteroatoms. The van der Waals surface area contributed by atoms with Gasteiger partial charge in [0.2, 0.25) is 5.88 Å². The number of aryl methyl sites for hydroxylation is 1. The van der Waals surface area contributed by atoms with Crippen LogP contribution in [0.15, 0.2) is 36.5 Å². The third-order valence-electron chi connectivity index (χ3n) is 2.77. The monoisotopic (exact) mass is 261 g/mol. The van der Waals surface area contributed by atoms with Crippen LogP contribution in [0.4, 0.5) is 0 Å². The quantitative estimate of drug-likeness (QED) is 0.779. The van der Waals surface area contributed by atoms with Gasteiger partial charge in [0.05, 0.1) is 0 Å². The summed E-state index contributed by atoms with van der Waals surface area (Å²) in [5, 5.41) is 0.732. The van der Waals surface area contributed by atoms with E-state index < -0.39 is 0 Å². The van der Waals surface area contributed by atoms with Gasteiger partial charge in [-0.05, 0) is 36.6 Å². The second kappa shape index (κ2) is 5.40. The number of rotatable bonds is 3. The Kier molecular flexibility index (Phi) is 3.87. The molecule has 1 heterocycles. The minimum absolute atomic E-state index is 0.406. The Balaban J connectivity index is 2.26. The maximum atomic E-state index is 6.23. The molecule has 0 aliphatic carbocycles. The van der Waals surface area contributed by atoms with Gasteiger partial charge in [-0.1, -0.05) is 37.6 Å². The number of benzene rings is 1. The van der Waals surface area contributed by atoms with Crippen molar-refractivity contribution in [2.24, 2.45) is 0 Å². The number of hydrogen-bond donors (Lipinski definition) is 0. The van der Waals surface area contributed by atoms with Gasteiger partial charge in [0.1, 0.15) is 5.75 Å². The highest BCUT2D eigenvalue weighted by atomic mass is 35.5. The molecule has 0 unspecified atom stereocenters. The van der Waals surface area contributed by atoms with Gasteiger partial charge in [0.25, 0.3) is 0 Å². The van der Waals surface area contributed by atoms with Crippen molar-refractivity contribution in [1.29, 1.82) is 0 Å². The Hall–Kier alpha value is -1.54. The minimum Gasteiger partial charge on any atom is -0.439 e. The smallest absolute Gasteiger partial charge is 0.222 e. The summed E-state index contributed by atoms with van der Waals surface area (Å²) in [4.78, 5) is 4.20. The Morgan fingerprint density at radius 3 is 2.61 bits per heavy atom. The average molecular weight is 262 g/mol. The standard InChI is InChI=1S/C15H16ClNO/c1-10(2)13-7-6-12(9-14(13)16)18-15-11(3)5-4-8-17-15/h4-10H,1-3H3. The van der Waals surface area contributed by atoms with E-state index in [1.807, 2.05) is 37.3 Å². The van der Waals surface area contributed by atoms with Gasteiger partial charge in [-0.25, -0.2) is 4.98 Å². The van der Waals surface area contributed by atoms with Crippen LogP contribution in [0.3, 0.4) is 0 Å². The molecule has 0 bridgehead atoms. The lowest BCUT2D eigenvalue weighted by molar-refractivity contribution is 0.458. The van der Waals surface area contributed by atoms with Crippen molar-refractivity contribution in [3.8, 4) is 11.6 Å². The molecule has 0 aliphatic rings. The number of halogens is 1. The number of nitrogens with zero attached hydrogens (tertiary/aromatic N) is 1. The topological polar surface area (TPSA) is 22.1 Å². The molecule has 1 aromatic heterocycles. The van der Waals surface area contributed by atoms with Gasteiger partial charge in [-0.2, -0.15) is 0 Å². The molecule has 0 spiro atoms. The van der Waals surface area contributed by atoms with Crippen LogP contribution >= 0.6 is 11.6 Å². The SMILES string of the molecule is Cc1cccnc1Oc1ccc(C(C)C)c(Cl)c1. The summed E-state index contributed by atoms with van der Waals surface area (Å²) in [7, 11) is 0. The van der Waals surface area contributed by atoms with E-state index in [9.17, 15) is 0 Å². The summed E-state index contributed by atoms with van der Waals surface area (Å²) >= 11 is 6.23. The van der Waals surface area contributed by atoms with Gasteiger partial charge >= 0.3 is 0 Å². The molecular weight excluding hydrogens is 246 g/mol. The lowest BCUT2D eigenvalue weighted by Gasteiger charge is -2.11. The van der Waals surface area contributed by atoms with Crippen LogP contribution in [0.25, 0.3) is 0 Å². The van der Waals surface area contributed by atoms with Gasteiger partial charge < -0.3 is 4.74 Å². The van der Waals surface area contributed by atoms with Crippen molar-refractivity contribution < 1.29 is 4.74 Å². The third-order valence-corrected chi connectivity index (χ3v) is 3.10. The molecular formula is C15H16ClNO. The zero-order valence-electron chi connectivity index (χ0n) is 10.8. The molecule has 0 atom stereocenters. The van der Waals surface area contributed by atoms with Crippen LogP contribution in [-0.4, -0.2) is 4.98 Å². The molecule has 0 aliphatic heterocycles. The molecule has 0 radical (unpaired) electrons. The van der Waals surface area contributed by atoms with E-state index in [2.05, 4.69) is 18.8 Å². The van der Waals surface area contributed by atoms with E-state index in [0.29, 0.717) is 17.5 Å². The van der Waals surface area contributed by atoms with Gasteiger partial charge in [-0.15, -0.1) is 0 Å². The van der Waals surface area contributed by atoms with Gasteiger partial charge in [0, 0.05) is 16.8 Å². The van der Waals surface area contributed by atoms with E-state index in [1.54, 1.807) is 6.20 Å². The van der Waals surface area contributed by atoms with E-state index in [-0.39, 0.29) is 0 Å². The largest absolute Gasteiger partial charge is 0.439 e. The van der Waals surface area contributed by atoms with Crippen LogP contribution in [0, 0.1) is 6.92 Å². The van der Waals surface area contributed by atoms with Gasteiger partial charge in [-0.3, -0.25) is 0 Å². The van der Waals surface area contributed by atoms with Crippen molar-refractivity contribution in [2.45, 2.75) is 26.7 Å². The van der Waals surface area contributed by atoms with E-state index in [0.717, 1.165) is 16.1 Å². The Bertz CT molecular complexity index is 552. The fourth-order valence-electron chi connectivity index (χ4n) is 1.73. The first kappa shape index (κ1) is 12.9. The highest BCUT2D eigenvalue weighted by Gasteiger charge is 2.08. The molecule has 0 fully saturated rings. The summed E-state index contributed by atoms with van der Waals surface area (Å²) in [5.41, 5.74) is 2.13. The predicted molar refractivity (Wildman–Crippen MR) is 74.6 cm³/mol. The third kappa shape index (κ3) is 2.82. The first-order chi connectivity index (χ1) is 8.58. The fourth-order valence-corrected chi connectivity index (χ4v) is 2.12. The number of ether oxygens (including phenoxy) is 1. The minimum atomic E-state index is 0.406. The van der Waals surface area contributed by atoms with E-state index in [1.165, 1.54) is 0 Å². The molecule has 2 rings (SSSR count). The van der Waals surface area contributed by atoms with Gasteiger partial charge in [0.15, 0.2) is 0 Å². The van der Waals surface area contributed by atoms with Crippen LogP contribution in [0.1, 0.15) is 30.9 Å². The first-order valence-corrected chi connectivity index (χ1v) is 6.34. The lowest BCUT2D eigenvalue weighted by atomic mass is 10.0. The summed E-state index contributed by atoms with van der Waals surface area (Å²) in [5.74, 6) is 1.74. The summed E-state index contributed by atoms with van der Waals surface area (Å²) < 4.78 is 5.73. The average Bonchev–Trinajstić information content (AvgIpc) is 2.32. The molecule has 2 aromatic rings. The molecule has 94 valence electrons. The molecule has 2 nitrogen and oxygen atoms in total. The van der Waals surface area contributed by atoms with Crippen LogP contribution in [0.2, 0.25) is 5.02 Å². The Morgan fingerprint density at radius 2 is 2.00 bits per heavy atom. The van der Waals surface area contributed by atoms with E-state index >= 15 is 0 Å². The Labute approximate surface area is 113 Å². The van der Waals surface area contributed by atoms with Crippen molar-refractivity contribution >= 4 is 11.6 Å². The zero-order valence-corrected chi connectivity index (χ0v) is 11.5. The molecule has 1 aromatic carbocycles. The molecule has 18 heavy (non-hydrogen) atoms. The zero-order chi connectivity index (χ0) is 13.1. The number of pyridine rings is 1. The van der Waals surface area contributed by atoms with Crippen molar-refractivity contribution in [2.75, 3.05) is 0 Å². The predicted octanol–water partition coefficient (Wildman–Crippen LogP) is 4.96. The highest BCUT2D eigenvalue weighted by molar-refractivity contribution is 6.31. The van der Waals surface area contributed by atoms with Crippen molar-refractivity contribution in [3.05, 3.63) is 52.7 Å². The summed E-state index contributed by atoms with van der Waals surface area (Å²) in [6, 6.07) is 9.62. The second-order valence-corrected chi connectivity index (χ2v) is 4.97. The van der Waals surface area contributed by atoms with Crippen LogP contribution in [0.5, 0.6) is 11.6 Å². The molecule has 0 saturated heterocycles. The maximum absolute atomic E-state index is 6.23. The lowest BCUT2D eigenvalue weighted by Crippen LogP contribution is -1.93. The molecule has 0 amide bonds. The first-order valence-electron chi connectivity index (χ1n) is 5.97. The van der Waals surface area contributed by atoms with Crippen LogP contribution in [-0.2, 0) is 0 Å². The highest BCUT2D eigenvalue weighted by Crippen LogP contribution is 2.30. The Morgan fingerprint density at radius 1 is 1.22 bits per heavy atom. The molecule has 0 saturated carbocycles. The van der Waals surface area contributed by atoms with E-state index in [4.69, 9.17) is 16.3 Å². The maximum Gasteiger partial charge on any atom is 0.222 e. The van der Waals surface area contributed by atoms with Crippen molar-refractivity contribution in [1.82, 2.24) is 4.98 Å². The second-order valence-electron chi connectivity index (χ2n) is 4.57. The summed E-state index contributed by atoms with van der Waals surface area (Å²) in [6.45, 7) is 6.20. The number of aromatic nitrogens is 1.